The molecule has 1 aliphatic heterocycles. The van der Waals surface area contributed by atoms with Crippen molar-refractivity contribution in [3.8, 4) is 27.8 Å². The van der Waals surface area contributed by atoms with Crippen LogP contribution in [0, 0.1) is 18.3 Å². The highest BCUT2D eigenvalue weighted by atomic mass is 32.2. The SMILES string of the molecule is Cc1cc(-c2sc(NC(=O)N3C=C[S+]([O-])C=C3)nc2-c2cccc(C#N)c2)cc(C(F)(F)F)n1. The molecule has 2 aromatic heterocycles. The van der Waals surface area contributed by atoms with Gasteiger partial charge >= 0.3 is 12.2 Å². The molecule has 12 heteroatoms. The molecule has 0 saturated carbocycles. The van der Waals surface area contributed by atoms with Crippen LogP contribution in [-0.4, -0.2) is 25.5 Å². The molecular formula is C22H14F3N5O2S2. The highest BCUT2D eigenvalue weighted by Crippen LogP contribution is 2.41. The zero-order chi connectivity index (χ0) is 24.5. The number of halogens is 3. The average molecular weight is 502 g/mol. The number of urea groups is 1. The number of alkyl halides is 3. The zero-order valence-corrected chi connectivity index (χ0v) is 19.0. The third-order valence-corrected chi connectivity index (χ3v) is 6.36. The molecule has 1 aliphatic rings. The Hall–Kier alpha value is -3.66. The number of nitrogens with zero attached hydrogens (tertiary/aromatic N) is 4. The molecule has 4 rings (SSSR count). The topological polar surface area (TPSA) is 105 Å². The van der Waals surface area contributed by atoms with Crippen LogP contribution in [0.25, 0.3) is 21.7 Å². The molecule has 0 aliphatic carbocycles. The fourth-order valence-electron chi connectivity index (χ4n) is 3.08. The first kappa shape index (κ1) is 23.5. The largest absolute Gasteiger partial charge is 0.607 e. The number of rotatable bonds is 3. The number of aromatic nitrogens is 2. The molecule has 0 bridgehead atoms. The number of anilines is 1. The first-order valence-electron chi connectivity index (χ1n) is 9.57. The second-order valence-electron chi connectivity index (χ2n) is 7.01. The van der Waals surface area contributed by atoms with Crippen LogP contribution in [0.3, 0.4) is 0 Å². The third kappa shape index (κ3) is 5.12. The van der Waals surface area contributed by atoms with Crippen LogP contribution in [0.4, 0.5) is 23.1 Å². The summed E-state index contributed by atoms with van der Waals surface area (Å²) < 4.78 is 51.6. The van der Waals surface area contributed by atoms with Crippen LogP contribution in [-0.2, 0) is 17.4 Å². The van der Waals surface area contributed by atoms with Crippen LogP contribution >= 0.6 is 11.3 Å². The predicted octanol–water partition coefficient (Wildman–Crippen LogP) is 5.61. The Balaban J connectivity index is 1.79. The van der Waals surface area contributed by atoms with Gasteiger partial charge in [0, 0.05) is 22.4 Å². The van der Waals surface area contributed by atoms with Crippen molar-refractivity contribution in [3.05, 3.63) is 76.6 Å². The first-order chi connectivity index (χ1) is 16.1. The lowest BCUT2D eigenvalue weighted by Crippen LogP contribution is -2.27. The first-order valence-corrected chi connectivity index (χ1v) is 11.7. The van der Waals surface area contributed by atoms with E-state index in [1.165, 1.54) is 36.2 Å². The molecule has 172 valence electrons. The number of carbonyl (C=O) groups is 1. The molecular weight excluding hydrogens is 487 g/mol. The van der Waals surface area contributed by atoms with Crippen molar-refractivity contribution in [1.82, 2.24) is 14.9 Å². The third-order valence-electron chi connectivity index (χ3n) is 4.56. The maximum absolute atomic E-state index is 13.4. The van der Waals surface area contributed by atoms with E-state index in [0.717, 1.165) is 22.3 Å². The number of aryl methyl sites for hydroxylation is 1. The fraction of sp³-hybridized carbons (Fsp3) is 0.0909. The van der Waals surface area contributed by atoms with Gasteiger partial charge in [-0.3, -0.25) is 10.2 Å². The minimum absolute atomic E-state index is 0.133. The predicted molar refractivity (Wildman–Crippen MR) is 123 cm³/mol. The molecule has 34 heavy (non-hydrogen) atoms. The molecule has 0 spiro atoms. The zero-order valence-electron chi connectivity index (χ0n) is 17.3. The summed E-state index contributed by atoms with van der Waals surface area (Å²) in [5.74, 6) is 0. The Morgan fingerprint density at radius 2 is 1.91 bits per heavy atom. The molecule has 0 atom stereocenters. The number of amides is 2. The van der Waals surface area contributed by atoms with Gasteiger partial charge in [0.15, 0.2) is 5.13 Å². The maximum atomic E-state index is 13.4. The van der Waals surface area contributed by atoms with Gasteiger partial charge in [0.05, 0.1) is 34.6 Å². The highest BCUT2D eigenvalue weighted by Gasteiger charge is 2.33. The van der Waals surface area contributed by atoms with E-state index in [4.69, 9.17) is 0 Å². The number of hydrogen-bond acceptors (Lipinski definition) is 6. The highest BCUT2D eigenvalue weighted by molar-refractivity contribution is 7.97. The minimum Gasteiger partial charge on any atom is -0.607 e. The Kier molecular flexibility index (Phi) is 6.43. The molecule has 0 fully saturated rings. The quantitative estimate of drug-likeness (QED) is 0.470. The minimum atomic E-state index is -4.64. The standard InChI is InChI=1S/C22H14F3N5O2S2/c1-13-9-16(11-17(27-13)22(23,24)25)19-18(15-4-2-3-14(10-15)12-26)28-20(33-19)29-21(31)30-5-7-34(32)8-6-30/h2-11H,1H3,(H,28,29,31). The molecule has 0 radical (unpaired) electrons. The van der Waals surface area contributed by atoms with Gasteiger partial charge in [-0.2, -0.15) is 18.4 Å². The van der Waals surface area contributed by atoms with Crippen molar-refractivity contribution >= 4 is 33.7 Å². The van der Waals surface area contributed by atoms with E-state index in [9.17, 15) is 27.8 Å². The van der Waals surface area contributed by atoms with Gasteiger partial charge in [0.1, 0.15) is 16.5 Å². The van der Waals surface area contributed by atoms with Crippen LogP contribution in [0.15, 0.2) is 59.6 Å². The van der Waals surface area contributed by atoms with E-state index in [0.29, 0.717) is 21.7 Å². The van der Waals surface area contributed by atoms with Crippen molar-refractivity contribution in [1.29, 1.82) is 5.26 Å². The number of hydrogen-bond donors (Lipinski definition) is 1. The fourth-order valence-corrected chi connectivity index (χ4v) is 4.64. The summed E-state index contributed by atoms with van der Waals surface area (Å²) in [6, 6.07) is 10.3. The van der Waals surface area contributed by atoms with Gasteiger partial charge < -0.3 is 4.55 Å². The lowest BCUT2D eigenvalue weighted by atomic mass is 10.0. The summed E-state index contributed by atoms with van der Waals surface area (Å²) >= 11 is -0.323. The van der Waals surface area contributed by atoms with E-state index in [2.05, 4.69) is 15.3 Å². The maximum Gasteiger partial charge on any atom is 0.433 e. The summed E-state index contributed by atoms with van der Waals surface area (Å²) in [7, 11) is 0. The van der Waals surface area contributed by atoms with Crippen molar-refractivity contribution < 1.29 is 22.5 Å². The molecule has 0 saturated heterocycles. The summed E-state index contributed by atoms with van der Waals surface area (Å²) in [6.45, 7) is 1.46. The monoisotopic (exact) mass is 501 g/mol. The normalized spacial score (nSPS) is 13.7. The lowest BCUT2D eigenvalue weighted by molar-refractivity contribution is -0.141. The van der Waals surface area contributed by atoms with Gasteiger partial charge in [-0.15, -0.1) is 0 Å². The van der Waals surface area contributed by atoms with E-state index in [1.54, 1.807) is 24.3 Å². The van der Waals surface area contributed by atoms with Gasteiger partial charge in [0.2, 0.25) is 0 Å². The van der Waals surface area contributed by atoms with E-state index in [1.807, 2.05) is 6.07 Å². The van der Waals surface area contributed by atoms with Crippen molar-refractivity contribution in [2.75, 3.05) is 5.32 Å². The smallest absolute Gasteiger partial charge is 0.433 e. The number of thiazole rings is 1. The van der Waals surface area contributed by atoms with Crippen LogP contribution in [0.1, 0.15) is 17.0 Å². The lowest BCUT2D eigenvalue weighted by Gasteiger charge is -2.15. The second kappa shape index (κ2) is 9.30. The van der Waals surface area contributed by atoms with Gasteiger partial charge in [-0.1, -0.05) is 23.5 Å². The van der Waals surface area contributed by atoms with Crippen LogP contribution in [0.5, 0.6) is 0 Å². The Labute approximate surface area is 199 Å². The summed E-state index contributed by atoms with van der Waals surface area (Å²) in [5.41, 5.74) is 0.500. The number of pyridine rings is 1. The van der Waals surface area contributed by atoms with Crippen LogP contribution < -0.4 is 5.32 Å². The summed E-state index contributed by atoms with van der Waals surface area (Å²) in [6.07, 6.45) is -1.98. The van der Waals surface area contributed by atoms with Crippen LogP contribution in [0.2, 0.25) is 0 Å². The molecule has 2 amide bonds. The molecule has 1 N–H and O–H groups in total. The van der Waals surface area contributed by atoms with E-state index < -0.39 is 29.1 Å². The number of nitriles is 1. The van der Waals surface area contributed by atoms with Gasteiger partial charge in [-0.05, 0) is 36.8 Å². The summed E-state index contributed by atoms with van der Waals surface area (Å²) in [5, 5.41) is 14.6. The number of carbonyl (C=O) groups excluding carboxylic acids is 1. The number of nitrogens with one attached hydrogen (secondary N) is 1. The average Bonchev–Trinajstić information content (AvgIpc) is 3.22. The van der Waals surface area contributed by atoms with Crippen molar-refractivity contribution in [2.24, 2.45) is 0 Å². The van der Waals surface area contributed by atoms with Gasteiger partial charge in [0.25, 0.3) is 0 Å². The van der Waals surface area contributed by atoms with Crippen molar-refractivity contribution in [3.63, 3.8) is 0 Å². The Bertz CT molecular complexity index is 1350. The second-order valence-corrected chi connectivity index (χ2v) is 9.21. The van der Waals surface area contributed by atoms with E-state index in [-0.39, 0.29) is 16.4 Å². The molecule has 0 unspecified atom stereocenters. The van der Waals surface area contributed by atoms with Crippen molar-refractivity contribution in [2.45, 2.75) is 13.1 Å². The number of benzene rings is 1. The molecule has 7 nitrogen and oxygen atoms in total. The van der Waals surface area contributed by atoms with Gasteiger partial charge in [-0.25, -0.2) is 14.8 Å². The van der Waals surface area contributed by atoms with E-state index >= 15 is 0 Å². The molecule has 1 aromatic carbocycles. The molecule has 3 aromatic rings. The Morgan fingerprint density at radius 3 is 2.59 bits per heavy atom. The summed E-state index contributed by atoms with van der Waals surface area (Å²) in [4.78, 5) is 22.1. The Morgan fingerprint density at radius 1 is 1.18 bits per heavy atom. The molecule has 3 heterocycles.